The maximum atomic E-state index is 4.20. The lowest BCUT2D eigenvalue weighted by atomic mass is 9.97. The van der Waals surface area contributed by atoms with Crippen molar-refractivity contribution in [3.63, 3.8) is 0 Å². The summed E-state index contributed by atoms with van der Waals surface area (Å²) in [6, 6.07) is 1.52. The van der Waals surface area contributed by atoms with Gasteiger partial charge in [-0.2, -0.15) is 5.10 Å². The maximum Gasteiger partial charge on any atom is 0.0538 e. The molecule has 0 spiro atoms. The molecular formula is C14H22N4. The lowest BCUT2D eigenvalue weighted by Gasteiger charge is -2.35. The Morgan fingerprint density at radius 2 is 2.39 bits per heavy atom. The second-order valence-electron chi connectivity index (χ2n) is 5.45. The first-order valence-electron chi connectivity index (χ1n) is 6.98. The molecule has 4 heteroatoms. The molecule has 2 unspecified atom stereocenters. The lowest BCUT2D eigenvalue weighted by Crippen LogP contribution is -2.45. The largest absolute Gasteiger partial charge is 0.310 e. The molecule has 98 valence electrons. The molecule has 3 rings (SSSR count). The molecule has 0 radical (unpaired) electrons. The van der Waals surface area contributed by atoms with Gasteiger partial charge in [-0.15, -0.1) is 0 Å². The minimum absolute atomic E-state index is 0.677. The summed E-state index contributed by atoms with van der Waals surface area (Å²) >= 11 is 0. The molecule has 0 aromatic carbocycles. The second kappa shape index (κ2) is 5.24. The highest BCUT2D eigenvalue weighted by Crippen LogP contribution is 2.26. The average molecular weight is 246 g/mol. The maximum absolute atomic E-state index is 4.20. The van der Waals surface area contributed by atoms with Crippen molar-refractivity contribution < 1.29 is 0 Å². The molecule has 2 aliphatic rings. The number of fused-ring (bicyclic) bond motifs is 1. The van der Waals surface area contributed by atoms with Crippen LogP contribution in [0.5, 0.6) is 0 Å². The zero-order chi connectivity index (χ0) is 12.4. The van der Waals surface area contributed by atoms with Gasteiger partial charge in [0.25, 0.3) is 0 Å². The molecule has 0 bridgehead atoms. The minimum atomic E-state index is 0.677. The third-order valence-corrected chi connectivity index (χ3v) is 4.26. The van der Waals surface area contributed by atoms with Crippen molar-refractivity contribution in [3.8, 4) is 0 Å². The highest BCUT2D eigenvalue weighted by Gasteiger charge is 2.31. The summed E-state index contributed by atoms with van der Waals surface area (Å²) in [4.78, 5) is 2.66. The van der Waals surface area contributed by atoms with Crippen molar-refractivity contribution in [3.05, 3.63) is 24.5 Å². The van der Waals surface area contributed by atoms with Crippen LogP contribution in [0.4, 0.5) is 0 Å². The third kappa shape index (κ3) is 2.49. The van der Waals surface area contributed by atoms with Crippen LogP contribution in [0.2, 0.25) is 0 Å². The molecule has 2 fully saturated rings. The smallest absolute Gasteiger partial charge is 0.0538 e. The Bertz CT molecular complexity index is 412. The molecule has 2 aliphatic heterocycles. The molecule has 1 aromatic heterocycles. The fourth-order valence-electron chi connectivity index (χ4n) is 3.24. The summed E-state index contributed by atoms with van der Waals surface area (Å²) < 4.78 is 1.76. The third-order valence-electron chi connectivity index (χ3n) is 4.26. The van der Waals surface area contributed by atoms with Gasteiger partial charge in [0.15, 0.2) is 0 Å². The first-order valence-corrected chi connectivity index (χ1v) is 6.98. The fourth-order valence-corrected chi connectivity index (χ4v) is 3.24. The second-order valence-corrected chi connectivity index (χ2v) is 5.45. The number of nitrogens with one attached hydrogen (secondary N) is 1. The van der Waals surface area contributed by atoms with E-state index in [1.807, 2.05) is 12.4 Å². The minimum Gasteiger partial charge on any atom is -0.310 e. The van der Waals surface area contributed by atoms with Crippen LogP contribution in [0.25, 0.3) is 6.20 Å². The monoisotopic (exact) mass is 246 g/mol. The SMILES string of the molecule is C=Cn1cc(CNC2CCN3CCCC3C2)cn1. The van der Waals surface area contributed by atoms with Crippen LogP contribution in [0.15, 0.2) is 19.0 Å². The van der Waals surface area contributed by atoms with E-state index in [1.54, 1.807) is 10.9 Å². The summed E-state index contributed by atoms with van der Waals surface area (Å²) in [7, 11) is 0. The van der Waals surface area contributed by atoms with Gasteiger partial charge in [-0.25, -0.2) is 4.68 Å². The van der Waals surface area contributed by atoms with Crippen LogP contribution in [0.1, 0.15) is 31.2 Å². The van der Waals surface area contributed by atoms with Crippen LogP contribution in [-0.2, 0) is 6.54 Å². The Balaban J connectivity index is 1.49. The molecule has 0 saturated carbocycles. The predicted octanol–water partition coefficient (Wildman–Crippen LogP) is 1.70. The van der Waals surface area contributed by atoms with E-state index >= 15 is 0 Å². The summed E-state index contributed by atoms with van der Waals surface area (Å²) in [5, 5.41) is 7.88. The number of hydrogen-bond donors (Lipinski definition) is 1. The number of hydrogen-bond acceptors (Lipinski definition) is 3. The molecule has 1 N–H and O–H groups in total. The van der Waals surface area contributed by atoms with Gasteiger partial charge >= 0.3 is 0 Å². The Hall–Kier alpha value is -1.13. The Morgan fingerprint density at radius 1 is 1.44 bits per heavy atom. The molecule has 0 aliphatic carbocycles. The lowest BCUT2D eigenvalue weighted by molar-refractivity contribution is 0.166. The number of rotatable bonds is 4. The van der Waals surface area contributed by atoms with Gasteiger partial charge in [-0.1, -0.05) is 6.58 Å². The number of piperidine rings is 1. The highest BCUT2D eigenvalue weighted by molar-refractivity contribution is 5.17. The summed E-state index contributed by atoms with van der Waals surface area (Å²) in [6.07, 6.45) is 11.1. The Morgan fingerprint density at radius 3 is 3.22 bits per heavy atom. The zero-order valence-electron chi connectivity index (χ0n) is 10.9. The molecule has 0 amide bonds. The van der Waals surface area contributed by atoms with E-state index in [1.165, 1.54) is 44.3 Å². The van der Waals surface area contributed by atoms with Crippen LogP contribution < -0.4 is 5.32 Å². The Labute approximate surface area is 109 Å². The van der Waals surface area contributed by atoms with Gasteiger partial charge in [-0.05, 0) is 38.8 Å². The average Bonchev–Trinajstić information content (AvgIpc) is 3.04. The van der Waals surface area contributed by atoms with E-state index in [4.69, 9.17) is 0 Å². The van der Waals surface area contributed by atoms with Crippen molar-refractivity contribution in [1.29, 1.82) is 0 Å². The number of aromatic nitrogens is 2. The number of nitrogens with zero attached hydrogens (tertiary/aromatic N) is 3. The van der Waals surface area contributed by atoms with Crippen LogP contribution in [0, 0.1) is 0 Å². The quantitative estimate of drug-likeness (QED) is 0.878. The Kier molecular flexibility index (Phi) is 3.48. The van der Waals surface area contributed by atoms with Gasteiger partial charge in [0.1, 0.15) is 0 Å². The first kappa shape index (κ1) is 11.9. The van der Waals surface area contributed by atoms with Crippen molar-refractivity contribution >= 4 is 6.20 Å². The molecule has 1 aromatic rings. The summed E-state index contributed by atoms with van der Waals surface area (Å²) in [6.45, 7) is 7.22. The molecule has 2 atom stereocenters. The van der Waals surface area contributed by atoms with E-state index < -0.39 is 0 Å². The van der Waals surface area contributed by atoms with Crippen LogP contribution in [0.3, 0.4) is 0 Å². The standard InChI is InChI=1S/C14H22N4/c1-2-18-11-12(10-16-18)9-15-13-5-7-17-6-3-4-14(17)8-13/h2,10-11,13-15H,1,3-9H2. The predicted molar refractivity (Wildman–Crippen MR) is 73.1 cm³/mol. The van der Waals surface area contributed by atoms with Crippen molar-refractivity contribution in [2.45, 2.75) is 44.3 Å². The van der Waals surface area contributed by atoms with Gasteiger partial charge < -0.3 is 10.2 Å². The summed E-state index contributed by atoms with van der Waals surface area (Å²) in [5.41, 5.74) is 1.24. The van der Waals surface area contributed by atoms with Crippen molar-refractivity contribution in [2.24, 2.45) is 0 Å². The van der Waals surface area contributed by atoms with Gasteiger partial charge in [-0.3, -0.25) is 0 Å². The molecular weight excluding hydrogens is 224 g/mol. The van der Waals surface area contributed by atoms with Gasteiger partial charge in [0.05, 0.1) is 6.20 Å². The van der Waals surface area contributed by atoms with Crippen molar-refractivity contribution in [2.75, 3.05) is 13.1 Å². The molecule has 18 heavy (non-hydrogen) atoms. The van der Waals surface area contributed by atoms with E-state index in [-0.39, 0.29) is 0 Å². The molecule has 2 saturated heterocycles. The summed E-state index contributed by atoms with van der Waals surface area (Å²) in [5.74, 6) is 0. The van der Waals surface area contributed by atoms with E-state index in [9.17, 15) is 0 Å². The zero-order valence-corrected chi connectivity index (χ0v) is 10.9. The first-order chi connectivity index (χ1) is 8.85. The van der Waals surface area contributed by atoms with Crippen LogP contribution >= 0.6 is 0 Å². The van der Waals surface area contributed by atoms with E-state index in [0.717, 1.165) is 12.6 Å². The highest BCUT2D eigenvalue weighted by atomic mass is 15.2. The van der Waals surface area contributed by atoms with E-state index in [2.05, 4.69) is 21.9 Å². The topological polar surface area (TPSA) is 33.1 Å². The van der Waals surface area contributed by atoms with Crippen molar-refractivity contribution in [1.82, 2.24) is 20.0 Å². The van der Waals surface area contributed by atoms with Crippen LogP contribution in [-0.4, -0.2) is 39.9 Å². The molecule has 4 nitrogen and oxygen atoms in total. The normalized spacial score (nSPS) is 28.2. The fraction of sp³-hybridized carbons (Fsp3) is 0.643. The van der Waals surface area contributed by atoms with Gasteiger partial charge in [0.2, 0.25) is 0 Å². The van der Waals surface area contributed by atoms with Gasteiger partial charge in [0, 0.05) is 36.6 Å². The van der Waals surface area contributed by atoms with E-state index in [0.29, 0.717) is 6.04 Å². The molecule has 3 heterocycles.